The lowest BCUT2D eigenvalue weighted by Gasteiger charge is -2.11. The van der Waals surface area contributed by atoms with Gasteiger partial charge in [-0.1, -0.05) is 6.07 Å². The summed E-state index contributed by atoms with van der Waals surface area (Å²) in [7, 11) is 1.63. The molecule has 0 fully saturated rings. The van der Waals surface area contributed by atoms with E-state index in [1.165, 1.54) is 0 Å². The summed E-state index contributed by atoms with van der Waals surface area (Å²) in [5.74, 6) is 0. The van der Waals surface area contributed by atoms with E-state index in [9.17, 15) is 0 Å². The molecule has 2 N–H and O–H groups in total. The summed E-state index contributed by atoms with van der Waals surface area (Å²) in [4.78, 5) is 4.06. The Labute approximate surface area is 80.1 Å². The van der Waals surface area contributed by atoms with Crippen LogP contribution in [0.2, 0.25) is 0 Å². The average Bonchev–Trinajstić information content (AvgIpc) is 2.05. The number of methoxy groups -OCH3 is 1. The lowest BCUT2D eigenvalue weighted by Crippen LogP contribution is -2.16. The van der Waals surface area contributed by atoms with Crippen molar-refractivity contribution in [3.05, 3.63) is 28.5 Å². The fourth-order valence-corrected chi connectivity index (χ4v) is 1.49. The highest BCUT2D eigenvalue weighted by Crippen LogP contribution is 2.18. The van der Waals surface area contributed by atoms with E-state index in [4.69, 9.17) is 10.5 Å². The molecule has 0 saturated heterocycles. The van der Waals surface area contributed by atoms with Crippen LogP contribution in [0.5, 0.6) is 0 Å². The highest BCUT2D eigenvalue weighted by atomic mass is 79.9. The number of ether oxygens (including phenoxy) is 1. The normalized spacial score (nSPS) is 12.9. The van der Waals surface area contributed by atoms with Crippen LogP contribution in [-0.4, -0.2) is 18.7 Å². The van der Waals surface area contributed by atoms with Crippen LogP contribution in [0.3, 0.4) is 0 Å². The van der Waals surface area contributed by atoms with Crippen LogP contribution in [0.1, 0.15) is 11.6 Å². The highest BCUT2D eigenvalue weighted by molar-refractivity contribution is 9.10. The number of hydrogen-bond donors (Lipinski definition) is 1. The van der Waals surface area contributed by atoms with E-state index in [1.807, 2.05) is 12.1 Å². The fourth-order valence-electron chi connectivity index (χ4n) is 0.944. The minimum Gasteiger partial charge on any atom is -0.383 e. The van der Waals surface area contributed by atoms with Crippen molar-refractivity contribution in [2.45, 2.75) is 6.04 Å². The van der Waals surface area contributed by atoms with Crippen molar-refractivity contribution in [2.75, 3.05) is 13.7 Å². The summed E-state index contributed by atoms with van der Waals surface area (Å²) < 4.78 is 5.73. The SMILES string of the molecule is COC[C@H](N)c1cccnc1Br. The van der Waals surface area contributed by atoms with Crippen molar-refractivity contribution in [1.29, 1.82) is 0 Å². The van der Waals surface area contributed by atoms with E-state index >= 15 is 0 Å². The number of aromatic nitrogens is 1. The summed E-state index contributed by atoms with van der Waals surface area (Å²) in [5.41, 5.74) is 6.78. The summed E-state index contributed by atoms with van der Waals surface area (Å²) >= 11 is 3.32. The van der Waals surface area contributed by atoms with Gasteiger partial charge >= 0.3 is 0 Å². The van der Waals surface area contributed by atoms with Gasteiger partial charge in [0.2, 0.25) is 0 Å². The molecule has 12 heavy (non-hydrogen) atoms. The van der Waals surface area contributed by atoms with Crippen molar-refractivity contribution < 1.29 is 4.74 Å². The van der Waals surface area contributed by atoms with Gasteiger partial charge in [0.15, 0.2) is 0 Å². The second-order valence-electron chi connectivity index (χ2n) is 2.45. The van der Waals surface area contributed by atoms with E-state index in [0.717, 1.165) is 10.2 Å². The van der Waals surface area contributed by atoms with Gasteiger partial charge in [-0.2, -0.15) is 0 Å². The van der Waals surface area contributed by atoms with Gasteiger partial charge in [-0.3, -0.25) is 0 Å². The number of nitrogens with two attached hydrogens (primary N) is 1. The van der Waals surface area contributed by atoms with E-state index in [1.54, 1.807) is 13.3 Å². The van der Waals surface area contributed by atoms with Gasteiger partial charge in [0.25, 0.3) is 0 Å². The maximum absolute atomic E-state index is 5.81. The molecule has 66 valence electrons. The first-order chi connectivity index (χ1) is 5.75. The number of halogens is 1. The van der Waals surface area contributed by atoms with Gasteiger partial charge in [-0.05, 0) is 22.0 Å². The molecule has 1 aromatic rings. The van der Waals surface area contributed by atoms with Gasteiger partial charge in [0, 0.05) is 18.9 Å². The molecule has 0 amide bonds. The lowest BCUT2D eigenvalue weighted by molar-refractivity contribution is 0.180. The molecule has 0 spiro atoms. The molecule has 1 atom stereocenters. The van der Waals surface area contributed by atoms with Crippen LogP contribution in [0, 0.1) is 0 Å². The van der Waals surface area contributed by atoms with Gasteiger partial charge in [0.1, 0.15) is 4.60 Å². The molecular weight excluding hydrogens is 220 g/mol. The summed E-state index contributed by atoms with van der Waals surface area (Å²) in [6, 6.07) is 3.68. The third-order valence-electron chi connectivity index (χ3n) is 1.53. The Morgan fingerprint density at radius 1 is 1.75 bits per heavy atom. The van der Waals surface area contributed by atoms with Crippen LogP contribution in [0.4, 0.5) is 0 Å². The Kier molecular flexibility index (Phi) is 3.65. The predicted octanol–water partition coefficient (Wildman–Crippen LogP) is 1.49. The van der Waals surface area contributed by atoms with Gasteiger partial charge in [0.05, 0.1) is 12.6 Å². The summed E-state index contributed by atoms with van der Waals surface area (Å²) in [5, 5.41) is 0. The first-order valence-corrected chi connectivity index (χ1v) is 4.40. The zero-order valence-electron chi connectivity index (χ0n) is 6.83. The first kappa shape index (κ1) is 9.64. The van der Waals surface area contributed by atoms with Crippen LogP contribution in [0.15, 0.2) is 22.9 Å². The molecule has 0 bridgehead atoms. The van der Waals surface area contributed by atoms with Crippen LogP contribution in [-0.2, 0) is 4.74 Å². The van der Waals surface area contributed by atoms with Crippen LogP contribution >= 0.6 is 15.9 Å². The van der Waals surface area contributed by atoms with Crippen molar-refractivity contribution in [3.8, 4) is 0 Å². The molecule has 0 aliphatic heterocycles. The molecule has 1 rings (SSSR count). The largest absolute Gasteiger partial charge is 0.383 e. The second kappa shape index (κ2) is 4.54. The standard InChI is InChI=1S/C8H11BrN2O/c1-12-5-7(10)6-3-2-4-11-8(6)9/h2-4,7H,5,10H2,1H3/t7-/m0/s1. The monoisotopic (exact) mass is 230 g/mol. The Morgan fingerprint density at radius 2 is 2.50 bits per heavy atom. The van der Waals surface area contributed by atoms with E-state index in [2.05, 4.69) is 20.9 Å². The number of hydrogen-bond acceptors (Lipinski definition) is 3. The minimum atomic E-state index is -0.113. The van der Waals surface area contributed by atoms with E-state index in [-0.39, 0.29) is 6.04 Å². The van der Waals surface area contributed by atoms with Crippen molar-refractivity contribution in [3.63, 3.8) is 0 Å². The van der Waals surface area contributed by atoms with Gasteiger partial charge in [-0.15, -0.1) is 0 Å². The van der Waals surface area contributed by atoms with Crippen molar-refractivity contribution in [2.24, 2.45) is 5.73 Å². The quantitative estimate of drug-likeness (QED) is 0.801. The van der Waals surface area contributed by atoms with Gasteiger partial charge in [-0.25, -0.2) is 4.98 Å². The number of pyridine rings is 1. The van der Waals surface area contributed by atoms with E-state index < -0.39 is 0 Å². The Bertz CT molecular complexity index is 255. The lowest BCUT2D eigenvalue weighted by atomic mass is 10.1. The van der Waals surface area contributed by atoms with Crippen LogP contribution < -0.4 is 5.73 Å². The second-order valence-corrected chi connectivity index (χ2v) is 3.20. The maximum Gasteiger partial charge on any atom is 0.110 e. The third kappa shape index (κ3) is 2.27. The van der Waals surface area contributed by atoms with Crippen molar-refractivity contribution >= 4 is 15.9 Å². The molecule has 0 saturated carbocycles. The molecule has 3 nitrogen and oxygen atoms in total. The van der Waals surface area contributed by atoms with E-state index in [0.29, 0.717) is 6.61 Å². The summed E-state index contributed by atoms with van der Waals surface area (Å²) in [6.45, 7) is 0.504. The van der Waals surface area contributed by atoms with Gasteiger partial charge < -0.3 is 10.5 Å². The summed E-state index contributed by atoms with van der Waals surface area (Å²) in [6.07, 6.45) is 1.72. The molecule has 0 unspecified atom stereocenters. The minimum absolute atomic E-state index is 0.113. The molecule has 0 aliphatic rings. The molecule has 0 aliphatic carbocycles. The predicted molar refractivity (Wildman–Crippen MR) is 50.7 cm³/mol. The Hall–Kier alpha value is -0.450. The first-order valence-electron chi connectivity index (χ1n) is 3.60. The van der Waals surface area contributed by atoms with Crippen molar-refractivity contribution in [1.82, 2.24) is 4.98 Å². The average molecular weight is 231 g/mol. The number of rotatable bonds is 3. The molecule has 0 aromatic carbocycles. The Balaban J connectivity index is 2.79. The molecule has 1 aromatic heterocycles. The van der Waals surface area contributed by atoms with Crippen LogP contribution in [0.25, 0.3) is 0 Å². The topological polar surface area (TPSA) is 48.1 Å². The molecule has 4 heteroatoms. The highest BCUT2D eigenvalue weighted by Gasteiger charge is 2.08. The Morgan fingerprint density at radius 3 is 3.08 bits per heavy atom. The fraction of sp³-hybridized carbons (Fsp3) is 0.375. The molecule has 1 heterocycles. The zero-order valence-corrected chi connectivity index (χ0v) is 8.41. The molecular formula is C8H11BrN2O. The number of nitrogens with zero attached hydrogens (tertiary/aromatic N) is 1. The maximum atomic E-state index is 5.81. The smallest absolute Gasteiger partial charge is 0.110 e. The zero-order chi connectivity index (χ0) is 8.97. The molecule has 0 radical (unpaired) electrons. The third-order valence-corrected chi connectivity index (χ3v) is 2.20.